The van der Waals surface area contributed by atoms with Crippen LogP contribution in [-0.4, -0.2) is 63.5 Å². The number of esters is 2. The Morgan fingerprint density at radius 3 is 1.90 bits per heavy atom. The number of ether oxygens (including phenoxy) is 2. The van der Waals surface area contributed by atoms with Crippen LogP contribution in [0.25, 0.3) is 0 Å². The molecule has 5 rings (SSSR count). The highest BCUT2D eigenvalue weighted by Gasteiger charge is 2.78. The predicted molar refractivity (Wildman–Crippen MR) is 120 cm³/mol. The number of benzene rings is 2. The topological polar surface area (TPSA) is 110 Å². The van der Waals surface area contributed by atoms with Crippen LogP contribution in [0, 0.1) is 5.92 Å². The van der Waals surface area contributed by atoms with E-state index in [-0.39, 0.29) is 5.56 Å². The van der Waals surface area contributed by atoms with Gasteiger partial charge in [0.2, 0.25) is 11.5 Å². The van der Waals surface area contributed by atoms with Gasteiger partial charge in [-0.25, -0.2) is 19.6 Å². The van der Waals surface area contributed by atoms with Crippen molar-refractivity contribution < 1.29 is 59.8 Å². The molecule has 4 unspecified atom stereocenters. The highest BCUT2D eigenvalue weighted by molar-refractivity contribution is 6.21. The predicted octanol–water partition coefficient (Wildman–Crippen LogP) is 2.76. The van der Waals surface area contributed by atoms with Gasteiger partial charge in [-0.15, -0.1) is 0 Å². The molecule has 1 amide bonds. The molecule has 3 aliphatic heterocycles. The van der Waals surface area contributed by atoms with Gasteiger partial charge in [-0.1, -0.05) is 60.7 Å². The maximum absolute atomic E-state index is 14.0. The molecule has 41 heavy (non-hydrogen) atoms. The molecule has 0 aromatic heterocycles. The summed E-state index contributed by atoms with van der Waals surface area (Å²) < 4.78 is 89.6. The van der Waals surface area contributed by atoms with E-state index in [0.29, 0.717) is 10.0 Å². The van der Waals surface area contributed by atoms with Gasteiger partial charge in [0.1, 0.15) is 12.0 Å². The van der Waals surface area contributed by atoms with Crippen molar-refractivity contribution in [1.82, 2.24) is 10.0 Å². The summed E-state index contributed by atoms with van der Waals surface area (Å²) in [7, 11) is 0. The first-order valence-electron chi connectivity index (χ1n) is 11.7. The number of ketones is 2. The Morgan fingerprint density at radius 1 is 0.805 bits per heavy atom. The van der Waals surface area contributed by atoms with E-state index in [4.69, 9.17) is 4.74 Å². The van der Waals surface area contributed by atoms with E-state index in [1.807, 2.05) is 0 Å². The second kappa shape index (κ2) is 9.17. The molecular weight excluding hydrogens is 566 g/mol. The standard InChI is InChI=1S/C26H16F6N2O7/c27-25(28,29)21(38)40-23(13-14-7-3-1-4-8-14)17-16(35)11-12-33(23)34-18(17)19(36)24(20(34)37,15-9-5-2-6-10-15)41-22(39)26(30,31)32/h1-12,17-18H,13H2. The van der Waals surface area contributed by atoms with E-state index in [1.165, 1.54) is 42.5 Å². The number of allylic oxidation sites excluding steroid dienone is 1. The molecule has 2 aromatic carbocycles. The van der Waals surface area contributed by atoms with Crippen LogP contribution in [0.1, 0.15) is 11.1 Å². The van der Waals surface area contributed by atoms with Gasteiger partial charge in [0.05, 0.1) is 0 Å². The second-order valence-corrected chi connectivity index (χ2v) is 9.33. The highest BCUT2D eigenvalue weighted by atomic mass is 19.4. The lowest BCUT2D eigenvalue weighted by molar-refractivity contribution is -0.241. The Bertz CT molecular complexity index is 1480. The molecular formula is C26H16F6N2O7. The van der Waals surface area contributed by atoms with Gasteiger partial charge in [-0.2, -0.15) is 26.3 Å². The Morgan fingerprint density at radius 2 is 1.34 bits per heavy atom. The number of nitrogens with zero attached hydrogens (tertiary/aromatic N) is 2. The first-order chi connectivity index (χ1) is 19.1. The van der Waals surface area contributed by atoms with Crippen LogP contribution < -0.4 is 0 Å². The highest BCUT2D eigenvalue weighted by Crippen LogP contribution is 2.54. The monoisotopic (exact) mass is 582 g/mol. The lowest BCUT2D eigenvalue weighted by Gasteiger charge is -2.44. The molecule has 214 valence electrons. The summed E-state index contributed by atoms with van der Waals surface area (Å²) >= 11 is 0. The lowest BCUT2D eigenvalue weighted by Crippen LogP contribution is -2.61. The van der Waals surface area contributed by atoms with Crippen molar-refractivity contribution in [2.75, 3.05) is 0 Å². The van der Waals surface area contributed by atoms with Crippen molar-refractivity contribution in [3.63, 3.8) is 0 Å². The van der Waals surface area contributed by atoms with E-state index in [0.717, 1.165) is 24.4 Å². The number of Topliss-reactive ketones (excluding diaryl/α,β-unsaturated/α-hetero) is 1. The molecule has 9 nitrogen and oxygen atoms in total. The van der Waals surface area contributed by atoms with Gasteiger partial charge in [-0.05, 0) is 11.6 Å². The molecule has 0 saturated carbocycles. The number of carbonyl (C=O) groups excluding carboxylic acids is 5. The molecule has 2 aromatic rings. The summed E-state index contributed by atoms with van der Waals surface area (Å²) in [6, 6.07) is 11.2. The van der Waals surface area contributed by atoms with Crippen molar-refractivity contribution >= 4 is 29.4 Å². The lowest BCUT2D eigenvalue weighted by atomic mass is 9.77. The van der Waals surface area contributed by atoms with Crippen molar-refractivity contribution in [2.24, 2.45) is 5.92 Å². The van der Waals surface area contributed by atoms with Crippen LogP contribution in [0.2, 0.25) is 0 Å². The maximum atomic E-state index is 14.0. The molecule has 3 heterocycles. The van der Waals surface area contributed by atoms with Gasteiger partial charge in [0.15, 0.2) is 5.78 Å². The van der Waals surface area contributed by atoms with Crippen molar-refractivity contribution in [3.8, 4) is 0 Å². The average Bonchev–Trinajstić information content (AvgIpc) is 3.20. The number of amides is 1. The maximum Gasteiger partial charge on any atom is 0.491 e. The van der Waals surface area contributed by atoms with Crippen LogP contribution in [0.5, 0.6) is 0 Å². The quantitative estimate of drug-likeness (QED) is 0.301. The molecule has 2 saturated heterocycles. The van der Waals surface area contributed by atoms with E-state index >= 15 is 0 Å². The number of halogens is 6. The fraction of sp³-hybridized carbons (Fsp3) is 0.269. The Kier molecular flexibility index (Phi) is 6.23. The van der Waals surface area contributed by atoms with E-state index in [1.54, 1.807) is 6.07 Å². The second-order valence-electron chi connectivity index (χ2n) is 9.33. The number of hydrazine groups is 1. The normalized spacial score (nSPS) is 27.2. The summed E-state index contributed by atoms with van der Waals surface area (Å²) in [4.78, 5) is 65.4. The molecule has 0 radical (unpaired) electrons. The third-order valence-electron chi connectivity index (χ3n) is 6.96. The summed E-state index contributed by atoms with van der Waals surface area (Å²) in [6.45, 7) is 0. The van der Waals surface area contributed by atoms with Crippen molar-refractivity contribution in [1.29, 1.82) is 0 Å². The third kappa shape index (κ3) is 4.14. The number of hydrogen-bond acceptors (Lipinski definition) is 8. The van der Waals surface area contributed by atoms with Crippen LogP contribution in [0.4, 0.5) is 26.3 Å². The summed E-state index contributed by atoms with van der Waals surface area (Å²) in [5.74, 6) is -11.9. The number of hydrogen-bond donors (Lipinski definition) is 0. The molecule has 0 N–H and O–H groups in total. The average molecular weight is 582 g/mol. The van der Waals surface area contributed by atoms with Crippen LogP contribution in [0.15, 0.2) is 72.9 Å². The van der Waals surface area contributed by atoms with Gasteiger partial charge in [-0.3, -0.25) is 14.4 Å². The minimum atomic E-state index is -5.65. The van der Waals surface area contributed by atoms with Crippen molar-refractivity contribution in [3.05, 3.63) is 84.1 Å². The zero-order valence-corrected chi connectivity index (χ0v) is 20.3. The molecule has 3 aliphatic rings. The van der Waals surface area contributed by atoms with Gasteiger partial charge >= 0.3 is 24.3 Å². The smallest absolute Gasteiger partial charge is 0.429 e. The van der Waals surface area contributed by atoms with Gasteiger partial charge in [0, 0.05) is 18.2 Å². The Balaban J connectivity index is 1.70. The van der Waals surface area contributed by atoms with Crippen molar-refractivity contribution in [2.45, 2.75) is 36.1 Å². The zero-order valence-electron chi connectivity index (χ0n) is 20.3. The zero-order chi connectivity index (χ0) is 30.0. The fourth-order valence-electron chi connectivity index (χ4n) is 5.36. The Hall–Kier alpha value is -4.69. The summed E-state index contributed by atoms with van der Waals surface area (Å²) in [5, 5.41) is 1.02. The summed E-state index contributed by atoms with van der Waals surface area (Å²) in [6.07, 6.45) is -10.3. The summed E-state index contributed by atoms with van der Waals surface area (Å²) in [5.41, 5.74) is -6.18. The van der Waals surface area contributed by atoms with Crippen LogP contribution >= 0.6 is 0 Å². The minimum Gasteiger partial charge on any atom is -0.429 e. The Labute approximate surface area is 225 Å². The van der Waals surface area contributed by atoms with E-state index < -0.39 is 77.0 Å². The van der Waals surface area contributed by atoms with E-state index in [2.05, 4.69) is 4.74 Å². The SMILES string of the molecule is O=C1C=CN2N3C(=O)C(OC(=O)C(F)(F)F)(c4ccccc4)C(=O)C3C1C2(Cc1ccccc1)OC(=O)C(F)(F)F. The molecule has 2 bridgehead atoms. The number of carbonyl (C=O) groups is 5. The first kappa shape index (κ1) is 27.9. The third-order valence-corrected chi connectivity index (χ3v) is 6.96. The first-order valence-corrected chi connectivity index (χ1v) is 11.7. The molecule has 0 aliphatic carbocycles. The number of rotatable bonds is 5. The fourth-order valence-corrected chi connectivity index (χ4v) is 5.36. The van der Waals surface area contributed by atoms with Crippen LogP contribution in [-0.2, 0) is 45.5 Å². The number of alkyl halides is 6. The van der Waals surface area contributed by atoms with Crippen LogP contribution in [0.3, 0.4) is 0 Å². The molecule has 15 heteroatoms. The minimum absolute atomic E-state index is 0.222. The largest absolute Gasteiger partial charge is 0.491 e. The van der Waals surface area contributed by atoms with Gasteiger partial charge < -0.3 is 9.47 Å². The van der Waals surface area contributed by atoms with Gasteiger partial charge in [0.25, 0.3) is 11.5 Å². The molecule has 2 fully saturated rings. The molecule has 0 spiro atoms. The number of fused-ring (bicyclic) bond motifs is 5. The van der Waals surface area contributed by atoms with E-state index in [9.17, 15) is 50.3 Å². The molecule has 4 atom stereocenters.